The fourth-order valence-corrected chi connectivity index (χ4v) is 1.27. The molecule has 19 heavy (non-hydrogen) atoms. The van der Waals surface area contributed by atoms with Gasteiger partial charge in [-0.05, 0) is 13.0 Å². The van der Waals surface area contributed by atoms with Crippen LogP contribution in [0.4, 0.5) is 5.69 Å². The molecule has 1 aromatic carbocycles. The van der Waals surface area contributed by atoms with Crippen LogP contribution in [0, 0.1) is 0 Å². The van der Waals surface area contributed by atoms with Crippen LogP contribution in [0.3, 0.4) is 0 Å². The van der Waals surface area contributed by atoms with E-state index in [-0.39, 0.29) is 5.56 Å². The van der Waals surface area contributed by atoms with Crippen LogP contribution < -0.4 is 10.5 Å². The number of nitrogen functional groups attached to an aromatic ring is 1. The van der Waals surface area contributed by atoms with Crippen molar-refractivity contribution in [2.45, 2.75) is 13.8 Å². The van der Waals surface area contributed by atoms with Crippen molar-refractivity contribution in [3.63, 3.8) is 0 Å². The minimum atomic E-state index is -0.833. The predicted octanol–water partition coefficient (Wildman–Crippen LogP) is 2.20. The Morgan fingerprint density at radius 3 is 2.37 bits per heavy atom. The lowest BCUT2D eigenvalue weighted by Crippen LogP contribution is -2.07. The van der Waals surface area contributed by atoms with Crippen molar-refractivity contribution in [1.29, 1.82) is 0 Å². The minimum Gasteiger partial charge on any atom is -0.496 e. The van der Waals surface area contributed by atoms with Gasteiger partial charge in [0.15, 0.2) is 0 Å². The topological polar surface area (TPSA) is 98.9 Å². The number of halogens is 1. The Bertz CT molecular complexity index is 458. The average molecular weight is 290 g/mol. The van der Waals surface area contributed by atoms with Gasteiger partial charge in [-0.15, -0.1) is 0 Å². The average Bonchev–Trinajstić information content (AvgIpc) is 2.31. The number of ether oxygens (including phenoxy) is 2. The lowest BCUT2D eigenvalue weighted by molar-refractivity contribution is -0.134. The number of esters is 1. The molecular formula is C12H16ClNO5. The molecule has 0 radical (unpaired) electrons. The first-order valence-electron chi connectivity index (χ1n) is 5.33. The number of hydrogen-bond donors (Lipinski definition) is 2. The second kappa shape index (κ2) is 8.20. The van der Waals surface area contributed by atoms with Crippen LogP contribution in [0.25, 0.3) is 0 Å². The number of carboxylic acids is 1. The zero-order valence-corrected chi connectivity index (χ0v) is 11.7. The summed E-state index contributed by atoms with van der Waals surface area (Å²) in [5.41, 5.74) is 6.21. The van der Waals surface area contributed by atoms with Crippen molar-refractivity contribution in [2.75, 3.05) is 19.5 Å². The van der Waals surface area contributed by atoms with Crippen molar-refractivity contribution in [3.05, 3.63) is 22.7 Å². The van der Waals surface area contributed by atoms with Gasteiger partial charge >= 0.3 is 5.97 Å². The van der Waals surface area contributed by atoms with Crippen LogP contribution >= 0.6 is 11.6 Å². The summed E-state index contributed by atoms with van der Waals surface area (Å²) in [4.78, 5) is 20.5. The first-order valence-corrected chi connectivity index (χ1v) is 5.70. The molecular weight excluding hydrogens is 274 g/mol. The third-order valence-corrected chi connectivity index (χ3v) is 2.14. The van der Waals surface area contributed by atoms with E-state index in [0.29, 0.717) is 23.1 Å². The second-order valence-corrected chi connectivity index (χ2v) is 3.72. The van der Waals surface area contributed by atoms with E-state index in [4.69, 9.17) is 36.7 Å². The number of anilines is 1. The van der Waals surface area contributed by atoms with E-state index in [9.17, 15) is 4.79 Å². The third-order valence-electron chi connectivity index (χ3n) is 1.81. The molecule has 0 amide bonds. The van der Waals surface area contributed by atoms with Gasteiger partial charge in [0.2, 0.25) is 0 Å². The standard InChI is InChI=1S/C10H12ClNO3.C2H4O2/c1-3-15-10(13)6-4-7(11)8(12)5-9(6)14-2;1-2(3)4/h4-5H,3,12H2,1-2H3;1H3,(H,3,4). The number of carboxylic acid groups (broad SMARTS) is 1. The van der Waals surface area contributed by atoms with Crippen molar-refractivity contribution >= 4 is 29.2 Å². The molecule has 0 saturated heterocycles. The van der Waals surface area contributed by atoms with E-state index in [1.54, 1.807) is 6.92 Å². The quantitative estimate of drug-likeness (QED) is 0.654. The Hall–Kier alpha value is -1.95. The van der Waals surface area contributed by atoms with Gasteiger partial charge in [0.1, 0.15) is 11.3 Å². The van der Waals surface area contributed by atoms with E-state index in [1.807, 2.05) is 0 Å². The Morgan fingerprint density at radius 1 is 1.42 bits per heavy atom. The van der Waals surface area contributed by atoms with Gasteiger partial charge < -0.3 is 20.3 Å². The Kier molecular flexibility index (Phi) is 7.36. The SMILES string of the molecule is CC(=O)O.CCOC(=O)c1cc(Cl)c(N)cc1OC. The highest BCUT2D eigenvalue weighted by atomic mass is 35.5. The summed E-state index contributed by atoms with van der Waals surface area (Å²) in [6, 6.07) is 2.93. The van der Waals surface area contributed by atoms with Gasteiger partial charge in [0, 0.05) is 13.0 Å². The van der Waals surface area contributed by atoms with Gasteiger partial charge in [0.25, 0.3) is 5.97 Å². The largest absolute Gasteiger partial charge is 0.496 e. The summed E-state index contributed by atoms with van der Waals surface area (Å²) in [5.74, 6) is -0.952. The van der Waals surface area contributed by atoms with Crippen LogP contribution in [0.15, 0.2) is 12.1 Å². The number of aliphatic carboxylic acids is 1. The number of hydrogen-bond acceptors (Lipinski definition) is 5. The van der Waals surface area contributed by atoms with Crippen LogP contribution in [0.5, 0.6) is 5.75 Å². The molecule has 0 unspecified atom stereocenters. The van der Waals surface area contributed by atoms with Crippen LogP contribution in [0.2, 0.25) is 5.02 Å². The van der Waals surface area contributed by atoms with Crippen LogP contribution in [-0.2, 0) is 9.53 Å². The maximum atomic E-state index is 11.5. The summed E-state index contributed by atoms with van der Waals surface area (Å²) in [7, 11) is 1.45. The highest BCUT2D eigenvalue weighted by Crippen LogP contribution is 2.29. The molecule has 0 spiro atoms. The zero-order valence-electron chi connectivity index (χ0n) is 10.9. The number of benzene rings is 1. The number of rotatable bonds is 3. The molecule has 0 aliphatic heterocycles. The Balaban J connectivity index is 0.000000711. The van der Waals surface area contributed by atoms with Gasteiger partial charge in [-0.3, -0.25) is 4.79 Å². The molecule has 106 valence electrons. The molecule has 0 aliphatic rings. The maximum absolute atomic E-state index is 11.5. The molecule has 0 saturated carbocycles. The van der Waals surface area contributed by atoms with Crippen molar-refractivity contribution < 1.29 is 24.2 Å². The monoisotopic (exact) mass is 289 g/mol. The molecule has 0 atom stereocenters. The van der Waals surface area contributed by atoms with Crippen molar-refractivity contribution in [2.24, 2.45) is 0 Å². The summed E-state index contributed by atoms with van der Waals surface area (Å²) in [6.07, 6.45) is 0. The summed E-state index contributed by atoms with van der Waals surface area (Å²) in [5, 5.41) is 7.72. The lowest BCUT2D eigenvalue weighted by atomic mass is 10.2. The maximum Gasteiger partial charge on any atom is 0.341 e. The van der Waals surface area contributed by atoms with Crippen molar-refractivity contribution in [1.82, 2.24) is 0 Å². The minimum absolute atomic E-state index is 0.276. The van der Waals surface area contributed by atoms with E-state index in [1.165, 1.54) is 19.2 Å². The number of carbonyl (C=O) groups excluding carboxylic acids is 1. The first-order chi connectivity index (χ1) is 8.83. The van der Waals surface area contributed by atoms with E-state index in [2.05, 4.69) is 0 Å². The Labute approximate surface area is 116 Å². The summed E-state index contributed by atoms with van der Waals surface area (Å²) in [6.45, 7) is 3.10. The first kappa shape index (κ1) is 17.1. The van der Waals surface area contributed by atoms with E-state index in [0.717, 1.165) is 6.92 Å². The summed E-state index contributed by atoms with van der Waals surface area (Å²) < 4.78 is 9.86. The van der Waals surface area contributed by atoms with Gasteiger partial charge in [-0.1, -0.05) is 11.6 Å². The molecule has 3 N–H and O–H groups in total. The zero-order chi connectivity index (χ0) is 15.0. The second-order valence-electron chi connectivity index (χ2n) is 3.31. The fraction of sp³-hybridized carbons (Fsp3) is 0.333. The van der Waals surface area contributed by atoms with Crippen LogP contribution in [0.1, 0.15) is 24.2 Å². The molecule has 7 heteroatoms. The molecule has 0 bridgehead atoms. The smallest absolute Gasteiger partial charge is 0.341 e. The predicted molar refractivity (Wildman–Crippen MR) is 71.7 cm³/mol. The molecule has 6 nitrogen and oxygen atoms in total. The highest BCUT2D eigenvalue weighted by molar-refractivity contribution is 6.33. The number of nitrogens with two attached hydrogens (primary N) is 1. The third kappa shape index (κ3) is 5.96. The van der Waals surface area contributed by atoms with Crippen LogP contribution in [-0.4, -0.2) is 30.8 Å². The van der Waals surface area contributed by atoms with Gasteiger partial charge in [-0.25, -0.2) is 4.79 Å². The Morgan fingerprint density at radius 2 is 1.95 bits per heavy atom. The summed E-state index contributed by atoms with van der Waals surface area (Å²) >= 11 is 5.80. The van der Waals surface area contributed by atoms with E-state index < -0.39 is 11.9 Å². The van der Waals surface area contributed by atoms with Gasteiger partial charge in [-0.2, -0.15) is 0 Å². The molecule has 0 heterocycles. The number of methoxy groups -OCH3 is 1. The molecule has 0 aromatic heterocycles. The molecule has 0 fully saturated rings. The number of carbonyl (C=O) groups is 2. The van der Waals surface area contributed by atoms with Gasteiger partial charge in [0.05, 0.1) is 24.4 Å². The molecule has 1 rings (SSSR count). The van der Waals surface area contributed by atoms with E-state index >= 15 is 0 Å². The lowest BCUT2D eigenvalue weighted by Gasteiger charge is -2.09. The van der Waals surface area contributed by atoms with Crippen molar-refractivity contribution in [3.8, 4) is 5.75 Å². The molecule has 1 aromatic rings. The highest BCUT2D eigenvalue weighted by Gasteiger charge is 2.15. The normalized spacial score (nSPS) is 9.05. The molecule has 0 aliphatic carbocycles. The fourth-order valence-electron chi connectivity index (χ4n) is 1.11.